The Morgan fingerprint density at radius 2 is 1.85 bits per heavy atom. The summed E-state index contributed by atoms with van der Waals surface area (Å²) in [4.78, 5) is 0. The van der Waals surface area contributed by atoms with Crippen LogP contribution in [0, 0.1) is 10.5 Å². The van der Waals surface area contributed by atoms with Crippen LogP contribution in [0.1, 0.15) is 11.1 Å². The molecule has 0 aromatic heterocycles. The van der Waals surface area contributed by atoms with Gasteiger partial charge >= 0.3 is 6.61 Å². The maximum Gasteiger partial charge on any atom is 0.387 e. The van der Waals surface area contributed by atoms with Gasteiger partial charge in [-0.05, 0) is 71.0 Å². The smallest absolute Gasteiger partial charge is 0.387 e. The number of anilines is 1. The molecule has 0 amide bonds. The Balaban J connectivity index is 1.96. The van der Waals surface area contributed by atoms with E-state index in [0.29, 0.717) is 6.54 Å². The molecule has 2 aromatic rings. The molecule has 0 atom stereocenters. The molecule has 0 aliphatic rings. The van der Waals surface area contributed by atoms with Crippen LogP contribution < -0.4 is 10.1 Å². The van der Waals surface area contributed by atoms with Crippen molar-refractivity contribution in [3.05, 3.63) is 57.2 Å². The maximum absolute atomic E-state index is 12.0. The maximum atomic E-state index is 12.0. The quantitative estimate of drug-likeness (QED) is 0.741. The summed E-state index contributed by atoms with van der Waals surface area (Å²) in [5.41, 5.74) is 3.25. The summed E-state index contributed by atoms with van der Waals surface area (Å²) in [5, 5.41) is 3.32. The molecule has 0 heterocycles. The van der Waals surface area contributed by atoms with E-state index in [2.05, 4.69) is 38.7 Å². The summed E-state index contributed by atoms with van der Waals surface area (Å²) >= 11 is 2.27. The van der Waals surface area contributed by atoms with Gasteiger partial charge < -0.3 is 10.1 Å². The van der Waals surface area contributed by atoms with Crippen molar-refractivity contribution in [3.8, 4) is 5.75 Å². The van der Waals surface area contributed by atoms with Crippen LogP contribution in [-0.4, -0.2) is 6.61 Å². The van der Waals surface area contributed by atoms with Gasteiger partial charge in [-0.15, -0.1) is 0 Å². The normalized spacial score (nSPS) is 10.7. The van der Waals surface area contributed by atoms with Crippen LogP contribution in [0.4, 0.5) is 14.5 Å². The van der Waals surface area contributed by atoms with E-state index < -0.39 is 6.61 Å². The van der Waals surface area contributed by atoms with E-state index in [4.69, 9.17) is 0 Å². The summed E-state index contributed by atoms with van der Waals surface area (Å²) in [7, 11) is 0. The van der Waals surface area contributed by atoms with Gasteiger partial charge in [0.05, 0.1) is 0 Å². The molecule has 0 aliphatic carbocycles. The van der Waals surface area contributed by atoms with Crippen molar-refractivity contribution in [2.75, 3.05) is 5.32 Å². The molecule has 0 aliphatic heterocycles. The van der Waals surface area contributed by atoms with Gasteiger partial charge in [0.15, 0.2) is 0 Å². The highest BCUT2D eigenvalue weighted by atomic mass is 127. The Morgan fingerprint density at radius 3 is 2.45 bits per heavy atom. The van der Waals surface area contributed by atoms with Crippen LogP contribution in [0.5, 0.6) is 5.75 Å². The lowest BCUT2D eigenvalue weighted by Crippen LogP contribution is -2.03. The molecule has 2 aromatic carbocycles. The van der Waals surface area contributed by atoms with Gasteiger partial charge in [-0.3, -0.25) is 0 Å². The van der Waals surface area contributed by atoms with Crippen LogP contribution in [0.15, 0.2) is 42.5 Å². The number of ether oxygens (including phenoxy) is 1. The van der Waals surface area contributed by atoms with E-state index in [1.165, 1.54) is 9.13 Å². The number of nitrogens with one attached hydrogen (secondary N) is 1. The third-order valence-corrected chi connectivity index (χ3v) is 3.49. The van der Waals surface area contributed by atoms with E-state index >= 15 is 0 Å². The number of halogens is 3. The van der Waals surface area contributed by atoms with Crippen molar-refractivity contribution in [3.63, 3.8) is 0 Å². The molecule has 20 heavy (non-hydrogen) atoms. The first-order valence-corrected chi connectivity index (χ1v) is 7.16. The first-order chi connectivity index (χ1) is 9.54. The fraction of sp³-hybridized carbons (Fsp3) is 0.200. The van der Waals surface area contributed by atoms with Gasteiger partial charge in [-0.25, -0.2) is 0 Å². The Morgan fingerprint density at radius 1 is 1.15 bits per heavy atom. The third-order valence-electron chi connectivity index (χ3n) is 2.82. The molecule has 2 nitrogen and oxygen atoms in total. The van der Waals surface area contributed by atoms with Gasteiger partial charge in [0.1, 0.15) is 5.75 Å². The predicted octanol–water partition coefficient (Wildman–Crippen LogP) is 4.81. The lowest BCUT2D eigenvalue weighted by atomic mass is 10.1. The minimum absolute atomic E-state index is 0.175. The SMILES string of the molecule is Cc1cc(I)ccc1NCc1ccc(OC(F)F)cc1. The monoisotopic (exact) mass is 389 g/mol. The molecule has 0 spiro atoms. The van der Waals surface area contributed by atoms with Gasteiger partial charge in [-0.1, -0.05) is 12.1 Å². The fourth-order valence-corrected chi connectivity index (χ4v) is 2.46. The van der Waals surface area contributed by atoms with Crippen molar-refractivity contribution in [2.45, 2.75) is 20.1 Å². The van der Waals surface area contributed by atoms with Crippen LogP contribution in [0.3, 0.4) is 0 Å². The zero-order valence-corrected chi connectivity index (χ0v) is 13.0. The van der Waals surface area contributed by atoms with E-state index in [9.17, 15) is 8.78 Å². The number of hydrogen-bond donors (Lipinski definition) is 1. The molecule has 0 unspecified atom stereocenters. The van der Waals surface area contributed by atoms with Crippen molar-refractivity contribution < 1.29 is 13.5 Å². The highest BCUT2D eigenvalue weighted by Gasteiger charge is 2.04. The van der Waals surface area contributed by atoms with Crippen LogP contribution >= 0.6 is 22.6 Å². The highest BCUT2D eigenvalue weighted by Crippen LogP contribution is 2.19. The number of alkyl halides is 2. The Bertz CT molecular complexity index is 573. The molecule has 0 fully saturated rings. The number of aryl methyl sites for hydroxylation is 1. The van der Waals surface area contributed by atoms with Gasteiger partial charge in [-0.2, -0.15) is 8.78 Å². The summed E-state index contributed by atoms with van der Waals surface area (Å²) < 4.78 is 29.6. The number of rotatable bonds is 5. The summed E-state index contributed by atoms with van der Waals surface area (Å²) in [5.74, 6) is 0.175. The van der Waals surface area contributed by atoms with Gasteiger partial charge in [0.2, 0.25) is 0 Å². The van der Waals surface area contributed by atoms with Crippen LogP contribution in [0.25, 0.3) is 0 Å². The molecule has 0 radical (unpaired) electrons. The molecule has 5 heteroatoms. The minimum atomic E-state index is -2.78. The van der Waals surface area contributed by atoms with Gasteiger partial charge in [0, 0.05) is 15.8 Å². The van der Waals surface area contributed by atoms with Gasteiger partial charge in [0.25, 0.3) is 0 Å². The standard InChI is InChI=1S/C15H14F2INO/c1-10-8-12(18)4-7-14(10)19-9-11-2-5-13(6-3-11)20-15(16)17/h2-8,15,19H,9H2,1H3. The second kappa shape index (κ2) is 6.88. The van der Waals surface area contributed by atoms with Crippen molar-refractivity contribution >= 4 is 28.3 Å². The highest BCUT2D eigenvalue weighted by molar-refractivity contribution is 14.1. The Labute approximate surface area is 130 Å². The average Bonchev–Trinajstić information content (AvgIpc) is 2.39. The predicted molar refractivity (Wildman–Crippen MR) is 84.3 cm³/mol. The number of hydrogen-bond acceptors (Lipinski definition) is 2. The largest absolute Gasteiger partial charge is 0.435 e. The van der Waals surface area contributed by atoms with E-state index in [1.807, 2.05) is 19.1 Å². The third kappa shape index (κ3) is 4.33. The zero-order valence-electron chi connectivity index (χ0n) is 10.9. The Hall–Kier alpha value is -1.37. The van der Waals surface area contributed by atoms with E-state index in [-0.39, 0.29) is 5.75 Å². The summed E-state index contributed by atoms with van der Waals surface area (Å²) in [6.45, 7) is -0.103. The summed E-state index contributed by atoms with van der Waals surface area (Å²) in [6, 6.07) is 12.8. The topological polar surface area (TPSA) is 21.3 Å². The lowest BCUT2D eigenvalue weighted by Gasteiger charge is -2.10. The average molecular weight is 389 g/mol. The second-order valence-corrected chi connectivity index (χ2v) is 5.58. The van der Waals surface area contributed by atoms with E-state index in [1.54, 1.807) is 24.3 Å². The van der Waals surface area contributed by atoms with E-state index in [0.717, 1.165) is 11.3 Å². The first kappa shape index (κ1) is 15.0. The fourth-order valence-electron chi connectivity index (χ4n) is 1.81. The van der Waals surface area contributed by atoms with Crippen LogP contribution in [0.2, 0.25) is 0 Å². The zero-order chi connectivity index (χ0) is 14.5. The number of benzene rings is 2. The molecule has 0 saturated carbocycles. The molecule has 1 N–H and O–H groups in total. The Kier molecular flexibility index (Phi) is 5.17. The first-order valence-electron chi connectivity index (χ1n) is 6.08. The van der Waals surface area contributed by atoms with Crippen molar-refractivity contribution in [1.29, 1.82) is 0 Å². The molecular formula is C15H14F2INO. The second-order valence-electron chi connectivity index (χ2n) is 4.34. The molecule has 2 rings (SSSR count). The molecule has 0 bridgehead atoms. The van der Waals surface area contributed by atoms with Crippen molar-refractivity contribution in [2.24, 2.45) is 0 Å². The summed E-state index contributed by atoms with van der Waals surface area (Å²) in [6.07, 6.45) is 0. The lowest BCUT2D eigenvalue weighted by molar-refractivity contribution is -0.0498. The van der Waals surface area contributed by atoms with Crippen molar-refractivity contribution in [1.82, 2.24) is 0 Å². The van der Waals surface area contributed by atoms with Crippen LogP contribution in [-0.2, 0) is 6.54 Å². The molecule has 0 saturated heterocycles. The minimum Gasteiger partial charge on any atom is -0.435 e. The molecule has 106 valence electrons. The molecular weight excluding hydrogens is 375 g/mol.